The zero-order chi connectivity index (χ0) is 12.5. The Morgan fingerprint density at radius 3 is 2.29 bits per heavy atom. The fourth-order valence-corrected chi connectivity index (χ4v) is 1.60. The molecule has 0 aliphatic rings. The molecule has 1 rings (SSSR count). The maximum Gasteiger partial charge on any atom is 0.0950 e. The lowest BCUT2D eigenvalue weighted by atomic mass is 10.1. The molecule has 3 nitrogen and oxygen atoms in total. The van der Waals surface area contributed by atoms with Gasteiger partial charge in [0.15, 0.2) is 0 Å². The van der Waals surface area contributed by atoms with E-state index in [4.69, 9.17) is 9.47 Å². The molecule has 0 fully saturated rings. The molecule has 0 radical (unpaired) electrons. The Kier molecular flexibility index (Phi) is 6.86. The summed E-state index contributed by atoms with van der Waals surface area (Å²) in [5.41, 5.74) is 1.20. The van der Waals surface area contributed by atoms with Crippen LogP contribution >= 0.6 is 0 Å². The summed E-state index contributed by atoms with van der Waals surface area (Å²) in [7, 11) is 1.93. The molecule has 0 saturated carbocycles. The summed E-state index contributed by atoms with van der Waals surface area (Å²) >= 11 is 0. The monoisotopic (exact) mass is 237 g/mol. The minimum atomic E-state index is 0.0944. The molecule has 17 heavy (non-hydrogen) atoms. The first-order chi connectivity index (χ1) is 8.24. The highest BCUT2D eigenvalue weighted by molar-refractivity contribution is 5.17. The number of rotatable bonds is 8. The summed E-state index contributed by atoms with van der Waals surface area (Å²) in [5, 5.41) is 3.15. The highest BCUT2D eigenvalue weighted by Crippen LogP contribution is 2.15. The predicted molar refractivity (Wildman–Crippen MR) is 70.1 cm³/mol. The molecule has 1 aromatic carbocycles. The largest absolute Gasteiger partial charge is 0.376 e. The van der Waals surface area contributed by atoms with Gasteiger partial charge in [-0.3, -0.25) is 0 Å². The molecular weight excluding hydrogens is 214 g/mol. The van der Waals surface area contributed by atoms with Gasteiger partial charge in [0.2, 0.25) is 0 Å². The molecule has 0 aliphatic carbocycles. The minimum Gasteiger partial charge on any atom is -0.376 e. The van der Waals surface area contributed by atoms with Crippen molar-refractivity contribution in [2.45, 2.75) is 26.1 Å². The molecule has 0 heterocycles. The van der Waals surface area contributed by atoms with Gasteiger partial charge in [-0.25, -0.2) is 0 Å². The van der Waals surface area contributed by atoms with Gasteiger partial charge in [0, 0.05) is 6.54 Å². The minimum absolute atomic E-state index is 0.0944. The third-order valence-corrected chi connectivity index (χ3v) is 2.41. The molecule has 0 aromatic heterocycles. The number of benzene rings is 1. The Morgan fingerprint density at radius 2 is 1.71 bits per heavy atom. The second-order valence-electron chi connectivity index (χ2n) is 4.25. The van der Waals surface area contributed by atoms with Crippen LogP contribution < -0.4 is 5.32 Å². The normalized spacial score (nSPS) is 12.9. The van der Waals surface area contributed by atoms with Crippen LogP contribution in [0.1, 0.15) is 25.5 Å². The summed E-state index contributed by atoms with van der Waals surface area (Å²) < 4.78 is 11.3. The Morgan fingerprint density at radius 1 is 1.06 bits per heavy atom. The third-order valence-electron chi connectivity index (χ3n) is 2.41. The molecule has 1 unspecified atom stereocenters. The number of ether oxygens (including phenoxy) is 2. The molecule has 96 valence electrons. The van der Waals surface area contributed by atoms with E-state index in [2.05, 4.69) is 17.4 Å². The van der Waals surface area contributed by atoms with Gasteiger partial charge in [0.1, 0.15) is 0 Å². The van der Waals surface area contributed by atoms with E-state index < -0.39 is 0 Å². The molecule has 1 N–H and O–H groups in total. The fourth-order valence-electron chi connectivity index (χ4n) is 1.60. The maximum atomic E-state index is 5.83. The third kappa shape index (κ3) is 5.82. The zero-order valence-electron chi connectivity index (χ0n) is 11.0. The Labute approximate surface area is 104 Å². The van der Waals surface area contributed by atoms with Crippen LogP contribution in [0.15, 0.2) is 30.3 Å². The number of hydrogen-bond acceptors (Lipinski definition) is 3. The number of nitrogens with one attached hydrogen (secondary N) is 1. The van der Waals surface area contributed by atoms with Gasteiger partial charge in [-0.05, 0) is 26.5 Å². The standard InChI is InChI=1S/C14H23NO2/c1-12(2)16-9-10-17-14(11-15-3)13-7-5-4-6-8-13/h4-8,12,14-15H,9-11H2,1-3H3. The van der Waals surface area contributed by atoms with E-state index in [1.165, 1.54) is 5.56 Å². The lowest BCUT2D eigenvalue weighted by Crippen LogP contribution is -2.21. The Balaban J connectivity index is 2.39. The number of likely N-dealkylation sites (N-methyl/N-ethyl adjacent to an activating group) is 1. The van der Waals surface area contributed by atoms with E-state index in [0.717, 1.165) is 6.54 Å². The average Bonchev–Trinajstić information content (AvgIpc) is 2.34. The topological polar surface area (TPSA) is 30.5 Å². The molecule has 0 saturated heterocycles. The molecular formula is C14H23NO2. The van der Waals surface area contributed by atoms with E-state index in [1.807, 2.05) is 39.1 Å². The van der Waals surface area contributed by atoms with Crippen LogP contribution in [0.5, 0.6) is 0 Å². The van der Waals surface area contributed by atoms with Crippen LogP contribution in [0, 0.1) is 0 Å². The Bertz CT molecular complexity index is 288. The van der Waals surface area contributed by atoms with Crippen molar-refractivity contribution in [1.29, 1.82) is 0 Å². The van der Waals surface area contributed by atoms with Crippen LogP contribution in [0.25, 0.3) is 0 Å². The van der Waals surface area contributed by atoms with Crippen molar-refractivity contribution in [3.63, 3.8) is 0 Å². The summed E-state index contributed by atoms with van der Waals surface area (Å²) in [6.45, 7) is 6.14. The molecule has 0 amide bonds. The highest BCUT2D eigenvalue weighted by Gasteiger charge is 2.10. The summed E-state index contributed by atoms with van der Waals surface area (Å²) in [6, 6.07) is 10.3. The number of hydrogen-bond donors (Lipinski definition) is 1. The van der Waals surface area contributed by atoms with Gasteiger partial charge in [-0.1, -0.05) is 30.3 Å². The highest BCUT2D eigenvalue weighted by atomic mass is 16.5. The SMILES string of the molecule is CNCC(OCCOC(C)C)c1ccccc1. The van der Waals surface area contributed by atoms with Crippen molar-refractivity contribution in [1.82, 2.24) is 5.32 Å². The van der Waals surface area contributed by atoms with Crippen molar-refractivity contribution in [2.75, 3.05) is 26.8 Å². The molecule has 1 atom stereocenters. The second-order valence-corrected chi connectivity index (χ2v) is 4.25. The van der Waals surface area contributed by atoms with E-state index in [1.54, 1.807) is 0 Å². The lowest BCUT2D eigenvalue weighted by Gasteiger charge is -2.18. The van der Waals surface area contributed by atoms with E-state index in [9.17, 15) is 0 Å². The van der Waals surface area contributed by atoms with Crippen LogP contribution in [0.3, 0.4) is 0 Å². The summed E-state index contributed by atoms with van der Waals surface area (Å²) in [6.07, 6.45) is 0.357. The molecule has 3 heteroatoms. The first-order valence-corrected chi connectivity index (χ1v) is 6.16. The maximum absolute atomic E-state index is 5.83. The molecule has 0 bridgehead atoms. The van der Waals surface area contributed by atoms with Crippen LogP contribution in [-0.4, -0.2) is 32.9 Å². The van der Waals surface area contributed by atoms with Crippen LogP contribution in [-0.2, 0) is 9.47 Å². The molecule has 0 spiro atoms. The van der Waals surface area contributed by atoms with Crippen molar-refractivity contribution >= 4 is 0 Å². The van der Waals surface area contributed by atoms with Crippen molar-refractivity contribution in [2.24, 2.45) is 0 Å². The quantitative estimate of drug-likeness (QED) is 0.704. The van der Waals surface area contributed by atoms with Crippen LogP contribution in [0.2, 0.25) is 0 Å². The first-order valence-electron chi connectivity index (χ1n) is 6.16. The Hall–Kier alpha value is -0.900. The van der Waals surface area contributed by atoms with Gasteiger partial charge in [0.25, 0.3) is 0 Å². The van der Waals surface area contributed by atoms with Gasteiger partial charge in [-0.15, -0.1) is 0 Å². The van der Waals surface area contributed by atoms with Gasteiger partial charge in [-0.2, -0.15) is 0 Å². The summed E-state index contributed by atoms with van der Waals surface area (Å²) in [4.78, 5) is 0. The average molecular weight is 237 g/mol. The van der Waals surface area contributed by atoms with E-state index in [0.29, 0.717) is 13.2 Å². The summed E-state index contributed by atoms with van der Waals surface area (Å²) in [5.74, 6) is 0. The lowest BCUT2D eigenvalue weighted by molar-refractivity contribution is -0.0125. The predicted octanol–water partition coefficient (Wildman–Crippen LogP) is 2.39. The van der Waals surface area contributed by atoms with Crippen molar-refractivity contribution in [3.05, 3.63) is 35.9 Å². The van der Waals surface area contributed by atoms with Gasteiger partial charge >= 0.3 is 0 Å². The molecule has 0 aliphatic heterocycles. The van der Waals surface area contributed by atoms with E-state index >= 15 is 0 Å². The second kappa shape index (κ2) is 8.23. The van der Waals surface area contributed by atoms with Crippen molar-refractivity contribution in [3.8, 4) is 0 Å². The fraction of sp³-hybridized carbons (Fsp3) is 0.571. The van der Waals surface area contributed by atoms with E-state index in [-0.39, 0.29) is 12.2 Å². The zero-order valence-corrected chi connectivity index (χ0v) is 11.0. The van der Waals surface area contributed by atoms with Gasteiger partial charge < -0.3 is 14.8 Å². The van der Waals surface area contributed by atoms with Gasteiger partial charge in [0.05, 0.1) is 25.4 Å². The smallest absolute Gasteiger partial charge is 0.0950 e. The molecule has 1 aromatic rings. The van der Waals surface area contributed by atoms with Crippen molar-refractivity contribution < 1.29 is 9.47 Å². The van der Waals surface area contributed by atoms with Crippen LogP contribution in [0.4, 0.5) is 0 Å². The first kappa shape index (κ1) is 14.2.